The summed E-state index contributed by atoms with van der Waals surface area (Å²) < 4.78 is 26.5. The van der Waals surface area contributed by atoms with Crippen LogP contribution in [0.3, 0.4) is 0 Å². The molecule has 1 aliphatic rings. The highest BCUT2D eigenvalue weighted by molar-refractivity contribution is 7.92. The standard InChI is InChI=1S/C27H35Cl2N3O4S/c1-4-23(27(34)30-21-9-6-5-7-10-21)31(17-20-15-13-19(2)14-16-20)25(33)18-32(37(3,35)36)24-12-8-11-22(28)26(24)29/h8,11-16,21,23H,4-7,9-10,17-18H2,1-3H3,(H,30,34)/t23-/m1/s1. The molecule has 0 bridgehead atoms. The highest BCUT2D eigenvalue weighted by Gasteiger charge is 2.33. The number of carbonyl (C=O) groups is 2. The van der Waals surface area contributed by atoms with Gasteiger partial charge in [-0.05, 0) is 43.9 Å². The molecule has 1 aliphatic carbocycles. The van der Waals surface area contributed by atoms with Gasteiger partial charge in [-0.2, -0.15) is 0 Å². The number of sulfonamides is 1. The number of hydrogen-bond donors (Lipinski definition) is 1. The molecule has 7 nitrogen and oxygen atoms in total. The first-order valence-electron chi connectivity index (χ1n) is 12.6. The largest absolute Gasteiger partial charge is 0.352 e. The lowest BCUT2D eigenvalue weighted by Gasteiger charge is -2.34. The van der Waals surface area contributed by atoms with Gasteiger partial charge >= 0.3 is 0 Å². The number of hydrogen-bond acceptors (Lipinski definition) is 4. The van der Waals surface area contributed by atoms with Gasteiger partial charge in [0.05, 0.1) is 22.0 Å². The van der Waals surface area contributed by atoms with E-state index in [2.05, 4.69) is 5.32 Å². The first kappa shape index (κ1) is 29.3. The van der Waals surface area contributed by atoms with E-state index < -0.39 is 28.5 Å². The average Bonchev–Trinajstić information content (AvgIpc) is 2.85. The number of amides is 2. The van der Waals surface area contributed by atoms with Crippen LogP contribution < -0.4 is 9.62 Å². The zero-order valence-corrected chi connectivity index (χ0v) is 23.9. The molecule has 202 valence electrons. The number of halogens is 2. The molecule has 2 amide bonds. The van der Waals surface area contributed by atoms with Crippen LogP contribution in [0.15, 0.2) is 42.5 Å². The number of rotatable bonds is 10. The van der Waals surface area contributed by atoms with Gasteiger partial charge in [0.25, 0.3) is 0 Å². The highest BCUT2D eigenvalue weighted by atomic mass is 35.5. The van der Waals surface area contributed by atoms with Crippen LogP contribution in [0.2, 0.25) is 10.0 Å². The first-order valence-corrected chi connectivity index (χ1v) is 15.2. The number of carbonyl (C=O) groups excluding carboxylic acids is 2. The third-order valence-corrected chi connectivity index (χ3v) is 8.63. The summed E-state index contributed by atoms with van der Waals surface area (Å²) in [5.41, 5.74) is 2.03. The van der Waals surface area contributed by atoms with Crippen molar-refractivity contribution in [3.05, 3.63) is 63.6 Å². The Kier molecular flexibility index (Phi) is 10.3. The van der Waals surface area contributed by atoms with Gasteiger partial charge in [-0.25, -0.2) is 8.42 Å². The van der Waals surface area contributed by atoms with E-state index in [9.17, 15) is 18.0 Å². The molecule has 0 saturated heterocycles. The minimum absolute atomic E-state index is 0.0366. The van der Waals surface area contributed by atoms with E-state index >= 15 is 0 Å². The third-order valence-electron chi connectivity index (χ3n) is 6.69. The van der Waals surface area contributed by atoms with Gasteiger partial charge in [0.15, 0.2) is 0 Å². The molecule has 1 saturated carbocycles. The van der Waals surface area contributed by atoms with Crippen LogP contribution in [-0.2, 0) is 26.2 Å². The van der Waals surface area contributed by atoms with Crippen molar-refractivity contribution in [3.63, 3.8) is 0 Å². The summed E-state index contributed by atoms with van der Waals surface area (Å²) in [7, 11) is -3.90. The molecule has 3 rings (SSSR count). The minimum atomic E-state index is -3.90. The second-order valence-electron chi connectivity index (χ2n) is 9.62. The molecule has 0 aromatic heterocycles. The lowest BCUT2D eigenvalue weighted by atomic mass is 9.95. The van der Waals surface area contributed by atoms with Crippen molar-refractivity contribution in [3.8, 4) is 0 Å². The van der Waals surface area contributed by atoms with Crippen LogP contribution in [0.4, 0.5) is 5.69 Å². The predicted molar refractivity (Wildman–Crippen MR) is 149 cm³/mol. The van der Waals surface area contributed by atoms with Crippen LogP contribution >= 0.6 is 23.2 Å². The Hall–Kier alpha value is -2.29. The molecule has 1 atom stereocenters. The molecule has 10 heteroatoms. The molecule has 0 spiro atoms. The number of nitrogens with zero attached hydrogens (tertiary/aromatic N) is 2. The molecule has 2 aromatic rings. The third kappa shape index (κ3) is 7.85. The quantitative estimate of drug-likeness (QED) is 0.420. The summed E-state index contributed by atoms with van der Waals surface area (Å²) in [6, 6.07) is 11.6. The maximum absolute atomic E-state index is 13.8. The smallest absolute Gasteiger partial charge is 0.244 e. The second kappa shape index (κ2) is 13.0. The van der Waals surface area contributed by atoms with Gasteiger partial charge in [-0.1, -0.05) is 85.3 Å². The van der Waals surface area contributed by atoms with Crippen molar-refractivity contribution in [1.29, 1.82) is 0 Å². The van der Waals surface area contributed by atoms with Crippen LogP contribution in [0.5, 0.6) is 0 Å². The number of nitrogens with one attached hydrogen (secondary N) is 1. The molecule has 0 heterocycles. The molecule has 0 radical (unpaired) electrons. The summed E-state index contributed by atoms with van der Waals surface area (Å²) in [4.78, 5) is 28.7. The topological polar surface area (TPSA) is 86.8 Å². The van der Waals surface area contributed by atoms with Gasteiger partial charge in [0.1, 0.15) is 12.6 Å². The van der Waals surface area contributed by atoms with Crippen molar-refractivity contribution in [2.45, 2.75) is 71.0 Å². The maximum atomic E-state index is 13.8. The SMILES string of the molecule is CC[C@H](C(=O)NC1CCCCC1)N(Cc1ccc(C)cc1)C(=O)CN(c1cccc(Cl)c1Cl)S(C)(=O)=O. The zero-order chi connectivity index (χ0) is 27.2. The summed E-state index contributed by atoms with van der Waals surface area (Å²) >= 11 is 12.5. The summed E-state index contributed by atoms with van der Waals surface area (Å²) in [6.45, 7) is 3.47. The predicted octanol–water partition coefficient (Wildman–Crippen LogP) is 5.32. The Morgan fingerprint density at radius 1 is 1.05 bits per heavy atom. The Balaban J connectivity index is 1.93. The fourth-order valence-corrected chi connectivity index (χ4v) is 5.94. The molecule has 0 aliphatic heterocycles. The van der Waals surface area contributed by atoms with E-state index in [-0.39, 0.29) is 34.2 Å². The number of aryl methyl sites for hydroxylation is 1. The van der Waals surface area contributed by atoms with Crippen molar-refractivity contribution < 1.29 is 18.0 Å². The lowest BCUT2D eigenvalue weighted by Crippen LogP contribution is -2.54. The summed E-state index contributed by atoms with van der Waals surface area (Å²) in [5.74, 6) is -0.728. The van der Waals surface area contributed by atoms with Crippen LogP contribution in [0.1, 0.15) is 56.6 Å². The molecule has 0 unspecified atom stereocenters. The van der Waals surface area contributed by atoms with Gasteiger partial charge in [0.2, 0.25) is 21.8 Å². The molecular weight excluding hydrogens is 533 g/mol. The Morgan fingerprint density at radius 2 is 1.70 bits per heavy atom. The zero-order valence-electron chi connectivity index (χ0n) is 21.5. The fraction of sp³-hybridized carbons (Fsp3) is 0.481. The molecular formula is C27H35Cl2N3O4S. The normalized spacial score (nSPS) is 15.2. The van der Waals surface area contributed by atoms with E-state index in [4.69, 9.17) is 23.2 Å². The Bertz CT molecular complexity index is 1200. The van der Waals surface area contributed by atoms with Crippen LogP contribution in [0.25, 0.3) is 0 Å². The summed E-state index contributed by atoms with van der Waals surface area (Å²) in [5, 5.41) is 3.34. The van der Waals surface area contributed by atoms with E-state index in [1.807, 2.05) is 38.1 Å². The van der Waals surface area contributed by atoms with Crippen LogP contribution in [-0.4, -0.2) is 50.0 Å². The van der Waals surface area contributed by atoms with Gasteiger partial charge in [-0.15, -0.1) is 0 Å². The van der Waals surface area contributed by atoms with Crippen molar-refractivity contribution >= 4 is 50.7 Å². The Labute approximate surface area is 230 Å². The number of benzene rings is 2. The van der Waals surface area contributed by atoms with E-state index in [1.165, 1.54) is 11.0 Å². The fourth-order valence-electron chi connectivity index (χ4n) is 4.63. The second-order valence-corrected chi connectivity index (χ2v) is 12.3. The van der Waals surface area contributed by atoms with Gasteiger partial charge < -0.3 is 10.2 Å². The van der Waals surface area contributed by atoms with Crippen LogP contribution in [0, 0.1) is 6.92 Å². The molecule has 2 aromatic carbocycles. The molecule has 37 heavy (non-hydrogen) atoms. The molecule has 1 N–H and O–H groups in total. The first-order chi connectivity index (χ1) is 17.5. The van der Waals surface area contributed by atoms with Gasteiger partial charge in [-0.3, -0.25) is 13.9 Å². The van der Waals surface area contributed by atoms with Crippen molar-refractivity contribution in [1.82, 2.24) is 10.2 Å². The average molecular weight is 569 g/mol. The Morgan fingerprint density at radius 3 is 2.30 bits per heavy atom. The molecule has 1 fully saturated rings. The van der Waals surface area contributed by atoms with E-state index in [1.54, 1.807) is 12.1 Å². The highest BCUT2D eigenvalue weighted by Crippen LogP contribution is 2.34. The van der Waals surface area contributed by atoms with Gasteiger partial charge in [0, 0.05) is 12.6 Å². The van der Waals surface area contributed by atoms with E-state index in [0.29, 0.717) is 6.42 Å². The van der Waals surface area contributed by atoms with Crippen molar-refractivity contribution in [2.24, 2.45) is 0 Å². The van der Waals surface area contributed by atoms with Crippen molar-refractivity contribution in [2.75, 3.05) is 17.1 Å². The minimum Gasteiger partial charge on any atom is -0.352 e. The lowest BCUT2D eigenvalue weighted by molar-refractivity contribution is -0.140. The monoisotopic (exact) mass is 567 g/mol. The summed E-state index contributed by atoms with van der Waals surface area (Å²) in [6.07, 6.45) is 6.53. The maximum Gasteiger partial charge on any atom is 0.244 e. The van der Waals surface area contributed by atoms with E-state index in [0.717, 1.165) is 53.8 Å². The number of anilines is 1.